The molecular formula is C26H26N2O2. The summed E-state index contributed by atoms with van der Waals surface area (Å²) in [4.78, 5) is 18.9. The SMILES string of the molecule is O=C([C@@H]1CCCO1)N1CC=C(Cc2ccc(-c3ccc4cccnc4c3)cc2)CC1. The van der Waals surface area contributed by atoms with E-state index in [1.54, 1.807) is 0 Å². The number of pyridine rings is 1. The standard InChI is InChI=1S/C26H26N2O2/c29-26(25-4-2-16-30-25)28-14-11-20(12-15-28)17-19-5-7-21(8-6-19)23-10-9-22-3-1-13-27-24(22)18-23/h1,3,5-11,13,18,25H,2,4,12,14-17H2/t25-/m0/s1. The van der Waals surface area contributed by atoms with Gasteiger partial charge in [-0.1, -0.05) is 54.1 Å². The molecule has 1 fully saturated rings. The fourth-order valence-electron chi connectivity index (χ4n) is 4.37. The molecule has 0 spiro atoms. The van der Waals surface area contributed by atoms with Crippen molar-refractivity contribution < 1.29 is 9.53 Å². The van der Waals surface area contributed by atoms with Crippen molar-refractivity contribution in [2.24, 2.45) is 0 Å². The van der Waals surface area contributed by atoms with Gasteiger partial charge in [-0.2, -0.15) is 0 Å². The second kappa shape index (κ2) is 8.41. The molecule has 0 N–H and O–H groups in total. The van der Waals surface area contributed by atoms with Crippen LogP contribution in [0.5, 0.6) is 0 Å². The van der Waals surface area contributed by atoms with E-state index < -0.39 is 0 Å². The number of hydrogen-bond acceptors (Lipinski definition) is 3. The second-order valence-electron chi connectivity index (χ2n) is 8.18. The Hall–Kier alpha value is -2.98. The summed E-state index contributed by atoms with van der Waals surface area (Å²) < 4.78 is 5.55. The maximum atomic E-state index is 12.5. The first kappa shape index (κ1) is 19.0. The van der Waals surface area contributed by atoms with Crippen molar-refractivity contribution in [3.63, 3.8) is 0 Å². The monoisotopic (exact) mass is 398 g/mol. The van der Waals surface area contributed by atoms with E-state index in [0.717, 1.165) is 49.7 Å². The summed E-state index contributed by atoms with van der Waals surface area (Å²) in [6.07, 6.45) is 7.60. The summed E-state index contributed by atoms with van der Waals surface area (Å²) in [6.45, 7) is 2.22. The van der Waals surface area contributed by atoms with E-state index in [1.807, 2.05) is 17.2 Å². The van der Waals surface area contributed by atoms with Gasteiger partial charge in [-0.15, -0.1) is 0 Å². The van der Waals surface area contributed by atoms with Gasteiger partial charge in [-0.3, -0.25) is 9.78 Å². The lowest BCUT2D eigenvalue weighted by atomic mass is 9.97. The molecule has 4 heteroatoms. The highest BCUT2D eigenvalue weighted by molar-refractivity contribution is 5.84. The molecule has 1 aromatic heterocycles. The van der Waals surface area contributed by atoms with Crippen LogP contribution in [0.4, 0.5) is 0 Å². The van der Waals surface area contributed by atoms with Gasteiger partial charge < -0.3 is 9.64 Å². The highest BCUT2D eigenvalue weighted by Gasteiger charge is 2.28. The number of nitrogens with zero attached hydrogens (tertiary/aromatic N) is 2. The molecule has 2 aromatic carbocycles. The van der Waals surface area contributed by atoms with Crippen molar-refractivity contribution in [3.8, 4) is 11.1 Å². The van der Waals surface area contributed by atoms with Crippen LogP contribution < -0.4 is 0 Å². The van der Waals surface area contributed by atoms with Crippen LogP contribution in [0, 0.1) is 0 Å². The molecule has 3 aromatic rings. The van der Waals surface area contributed by atoms with Gasteiger partial charge in [0.25, 0.3) is 5.91 Å². The van der Waals surface area contributed by atoms with Gasteiger partial charge in [-0.25, -0.2) is 0 Å². The molecule has 0 saturated carbocycles. The molecule has 1 saturated heterocycles. The van der Waals surface area contributed by atoms with Crippen LogP contribution in [-0.2, 0) is 16.0 Å². The summed E-state index contributed by atoms with van der Waals surface area (Å²) in [6, 6.07) is 19.3. The number of amides is 1. The lowest BCUT2D eigenvalue weighted by Crippen LogP contribution is -2.41. The van der Waals surface area contributed by atoms with Gasteiger partial charge in [0.05, 0.1) is 5.52 Å². The van der Waals surface area contributed by atoms with Crippen LogP contribution in [0.25, 0.3) is 22.0 Å². The zero-order valence-electron chi connectivity index (χ0n) is 17.1. The molecule has 4 nitrogen and oxygen atoms in total. The first-order chi connectivity index (χ1) is 14.8. The number of aromatic nitrogens is 1. The predicted octanol–water partition coefficient (Wildman–Crippen LogP) is 4.78. The summed E-state index contributed by atoms with van der Waals surface area (Å²) in [5.74, 6) is 0.164. The van der Waals surface area contributed by atoms with Crippen LogP contribution in [0.15, 0.2) is 72.4 Å². The fourth-order valence-corrected chi connectivity index (χ4v) is 4.37. The number of hydrogen-bond donors (Lipinski definition) is 0. The van der Waals surface area contributed by atoms with E-state index in [4.69, 9.17) is 4.74 Å². The van der Waals surface area contributed by atoms with Gasteiger partial charge in [0.2, 0.25) is 0 Å². The third-order valence-corrected chi connectivity index (χ3v) is 6.14. The second-order valence-corrected chi connectivity index (χ2v) is 8.18. The average Bonchev–Trinajstić information content (AvgIpc) is 3.34. The van der Waals surface area contributed by atoms with Crippen molar-refractivity contribution in [2.75, 3.05) is 19.7 Å². The Morgan fingerprint density at radius 2 is 1.97 bits per heavy atom. The molecule has 0 radical (unpaired) electrons. The number of ether oxygens (including phenoxy) is 1. The Bertz CT molecular complexity index is 1080. The molecule has 5 rings (SSSR count). The summed E-state index contributed by atoms with van der Waals surface area (Å²) in [5.41, 5.74) is 6.13. The summed E-state index contributed by atoms with van der Waals surface area (Å²) in [7, 11) is 0. The van der Waals surface area contributed by atoms with Gasteiger partial charge in [0.15, 0.2) is 0 Å². The number of rotatable bonds is 4. The van der Waals surface area contributed by atoms with Gasteiger partial charge in [0.1, 0.15) is 6.10 Å². The molecule has 0 aliphatic carbocycles. The zero-order chi connectivity index (χ0) is 20.3. The van der Waals surface area contributed by atoms with Crippen LogP contribution in [-0.4, -0.2) is 41.6 Å². The Morgan fingerprint density at radius 1 is 1.10 bits per heavy atom. The maximum Gasteiger partial charge on any atom is 0.251 e. The van der Waals surface area contributed by atoms with Gasteiger partial charge in [-0.05, 0) is 54.5 Å². The van der Waals surface area contributed by atoms with Crippen LogP contribution in [0.3, 0.4) is 0 Å². The van der Waals surface area contributed by atoms with E-state index in [9.17, 15) is 4.79 Å². The normalized spacial score (nSPS) is 19.1. The largest absolute Gasteiger partial charge is 0.368 e. The van der Waals surface area contributed by atoms with Crippen molar-refractivity contribution in [3.05, 3.63) is 78.0 Å². The first-order valence-electron chi connectivity index (χ1n) is 10.8. The molecule has 0 bridgehead atoms. The molecule has 3 heterocycles. The van der Waals surface area contributed by atoms with Crippen molar-refractivity contribution in [1.29, 1.82) is 0 Å². The molecular weight excluding hydrogens is 372 g/mol. The van der Waals surface area contributed by atoms with E-state index in [2.05, 4.69) is 59.6 Å². The Morgan fingerprint density at radius 3 is 2.73 bits per heavy atom. The smallest absolute Gasteiger partial charge is 0.251 e. The molecule has 30 heavy (non-hydrogen) atoms. The Balaban J connectivity index is 1.23. The van der Waals surface area contributed by atoms with Gasteiger partial charge >= 0.3 is 0 Å². The highest BCUT2D eigenvalue weighted by atomic mass is 16.5. The first-order valence-corrected chi connectivity index (χ1v) is 10.8. The molecule has 2 aliphatic rings. The lowest BCUT2D eigenvalue weighted by molar-refractivity contribution is -0.140. The topological polar surface area (TPSA) is 42.4 Å². The average molecular weight is 399 g/mol. The number of fused-ring (bicyclic) bond motifs is 1. The number of carbonyl (C=O) groups excluding carboxylic acids is 1. The quantitative estimate of drug-likeness (QED) is 0.594. The molecule has 0 unspecified atom stereocenters. The van der Waals surface area contributed by atoms with Crippen molar-refractivity contribution in [1.82, 2.24) is 9.88 Å². The maximum absolute atomic E-state index is 12.5. The number of benzene rings is 2. The predicted molar refractivity (Wildman–Crippen MR) is 119 cm³/mol. The molecule has 2 aliphatic heterocycles. The fraction of sp³-hybridized carbons (Fsp3) is 0.308. The third-order valence-electron chi connectivity index (χ3n) is 6.14. The zero-order valence-corrected chi connectivity index (χ0v) is 17.1. The van der Waals surface area contributed by atoms with Crippen LogP contribution in [0.1, 0.15) is 24.8 Å². The Labute approximate surface area is 177 Å². The molecule has 152 valence electrons. The summed E-state index contributed by atoms with van der Waals surface area (Å²) >= 11 is 0. The van der Waals surface area contributed by atoms with E-state index in [-0.39, 0.29) is 12.0 Å². The highest BCUT2D eigenvalue weighted by Crippen LogP contribution is 2.25. The molecule has 1 atom stereocenters. The van der Waals surface area contributed by atoms with Crippen LogP contribution >= 0.6 is 0 Å². The lowest BCUT2D eigenvalue weighted by Gasteiger charge is -2.28. The summed E-state index contributed by atoms with van der Waals surface area (Å²) in [5, 5.41) is 1.16. The minimum Gasteiger partial charge on any atom is -0.368 e. The van der Waals surface area contributed by atoms with Gasteiger partial charge in [0, 0.05) is 31.3 Å². The van der Waals surface area contributed by atoms with E-state index in [0.29, 0.717) is 6.54 Å². The molecule has 1 amide bonds. The van der Waals surface area contributed by atoms with Crippen molar-refractivity contribution in [2.45, 2.75) is 31.8 Å². The van der Waals surface area contributed by atoms with Crippen molar-refractivity contribution >= 4 is 16.8 Å². The minimum atomic E-state index is -0.210. The number of carbonyl (C=O) groups is 1. The minimum absolute atomic E-state index is 0.164. The van der Waals surface area contributed by atoms with Crippen LogP contribution in [0.2, 0.25) is 0 Å². The Kier molecular flexibility index (Phi) is 5.33. The third kappa shape index (κ3) is 4.01. The van der Waals surface area contributed by atoms with E-state index in [1.165, 1.54) is 22.3 Å². The van der Waals surface area contributed by atoms with E-state index >= 15 is 0 Å².